The Morgan fingerprint density at radius 2 is 1.94 bits per heavy atom. The molecule has 2 aromatic rings. The third-order valence-electron chi connectivity index (χ3n) is 4.64. The van der Waals surface area contributed by atoms with Crippen LogP contribution in [0.1, 0.15) is 23.3 Å². The number of alkyl halides is 3. The third-order valence-corrected chi connectivity index (χ3v) is 4.64. The van der Waals surface area contributed by atoms with Crippen molar-refractivity contribution in [3.63, 3.8) is 0 Å². The lowest BCUT2D eigenvalue weighted by atomic mass is 9.84. The molecule has 2 aliphatic rings. The minimum absolute atomic E-state index is 0.0578. The summed E-state index contributed by atoms with van der Waals surface area (Å²) in [4.78, 5) is 35.2. The zero-order chi connectivity index (χ0) is 22.5. The average molecular weight is 440 g/mol. The molecule has 12 heteroatoms. The maximum Gasteiger partial charge on any atom is 0.490 e. The molecule has 1 unspecified atom stereocenters. The summed E-state index contributed by atoms with van der Waals surface area (Å²) in [6.07, 6.45) is 2.85. The summed E-state index contributed by atoms with van der Waals surface area (Å²) in [6, 6.07) is 5.62. The molecule has 0 aromatic carbocycles. The highest BCUT2D eigenvalue weighted by molar-refractivity contribution is 5.92. The van der Waals surface area contributed by atoms with Crippen LogP contribution in [0.25, 0.3) is 0 Å². The van der Waals surface area contributed by atoms with Crippen molar-refractivity contribution < 1.29 is 37.3 Å². The van der Waals surface area contributed by atoms with Crippen molar-refractivity contribution >= 4 is 11.9 Å². The van der Waals surface area contributed by atoms with E-state index in [1.807, 2.05) is 18.2 Å². The minimum atomic E-state index is -5.08. The monoisotopic (exact) mass is 440 g/mol. The van der Waals surface area contributed by atoms with E-state index in [-0.39, 0.29) is 17.6 Å². The fourth-order valence-electron chi connectivity index (χ4n) is 3.26. The lowest BCUT2D eigenvalue weighted by Gasteiger charge is -2.52. The maximum atomic E-state index is 12.4. The maximum absolute atomic E-state index is 12.4. The number of amides is 1. The van der Waals surface area contributed by atoms with Gasteiger partial charge in [-0.2, -0.15) is 13.2 Å². The number of carboxylic acids is 1. The number of ether oxygens (including phenoxy) is 2. The zero-order valence-electron chi connectivity index (χ0n) is 16.2. The first-order valence-electron chi connectivity index (χ1n) is 9.26. The van der Waals surface area contributed by atoms with Gasteiger partial charge in [0.05, 0.1) is 25.9 Å². The van der Waals surface area contributed by atoms with Gasteiger partial charge in [0.2, 0.25) is 5.88 Å². The quantitative estimate of drug-likeness (QED) is 0.770. The highest BCUT2D eigenvalue weighted by Crippen LogP contribution is 2.36. The number of carbonyl (C=O) groups excluding carboxylic acids is 1. The van der Waals surface area contributed by atoms with Crippen LogP contribution in [-0.4, -0.2) is 74.4 Å². The van der Waals surface area contributed by atoms with Gasteiger partial charge in [0, 0.05) is 37.5 Å². The molecule has 0 radical (unpaired) electrons. The predicted molar refractivity (Wildman–Crippen MR) is 98.2 cm³/mol. The van der Waals surface area contributed by atoms with Gasteiger partial charge in [-0.1, -0.05) is 6.07 Å². The predicted octanol–water partition coefficient (Wildman–Crippen LogP) is 1.96. The van der Waals surface area contributed by atoms with Gasteiger partial charge in [-0.15, -0.1) is 0 Å². The van der Waals surface area contributed by atoms with E-state index >= 15 is 0 Å². The van der Waals surface area contributed by atoms with Crippen LogP contribution in [0.4, 0.5) is 13.2 Å². The van der Waals surface area contributed by atoms with E-state index in [0.29, 0.717) is 31.3 Å². The Morgan fingerprint density at radius 3 is 2.52 bits per heavy atom. The Labute approximate surface area is 174 Å². The van der Waals surface area contributed by atoms with Crippen LogP contribution in [0.15, 0.2) is 43.0 Å². The lowest BCUT2D eigenvalue weighted by Crippen LogP contribution is -2.67. The second-order valence-electron chi connectivity index (χ2n) is 6.99. The van der Waals surface area contributed by atoms with Crippen LogP contribution < -0.4 is 4.74 Å². The first-order valence-corrected chi connectivity index (χ1v) is 9.26. The number of aromatic nitrogens is 3. The van der Waals surface area contributed by atoms with Crippen molar-refractivity contribution in [2.75, 3.05) is 19.7 Å². The molecule has 1 atom stereocenters. The molecule has 1 N–H and O–H groups in total. The summed E-state index contributed by atoms with van der Waals surface area (Å²) in [5.41, 5.74) is 0.0553. The van der Waals surface area contributed by atoms with E-state index in [1.54, 1.807) is 17.3 Å². The number of pyridine rings is 1. The zero-order valence-corrected chi connectivity index (χ0v) is 16.2. The molecule has 0 saturated carbocycles. The minimum Gasteiger partial charge on any atom is -0.475 e. The van der Waals surface area contributed by atoms with Crippen molar-refractivity contribution in [3.05, 3.63) is 48.7 Å². The number of hydrogen-bond donors (Lipinski definition) is 1. The Hall–Kier alpha value is -3.28. The smallest absolute Gasteiger partial charge is 0.475 e. The van der Waals surface area contributed by atoms with Gasteiger partial charge in [-0.05, 0) is 6.07 Å². The molecule has 2 aromatic heterocycles. The summed E-state index contributed by atoms with van der Waals surface area (Å²) in [5, 5.41) is 7.12. The molecule has 2 saturated heterocycles. The molecule has 9 nitrogen and oxygen atoms in total. The van der Waals surface area contributed by atoms with Gasteiger partial charge in [0.15, 0.2) is 0 Å². The number of halogens is 3. The van der Waals surface area contributed by atoms with Crippen LogP contribution >= 0.6 is 0 Å². The normalized spacial score (nSPS) is 19.6. The number of hydrogen-bond acceptors (Lipinski definition) is 7. The molecule has 1 amide bonds. The van der Waals surface area contributed by atoms with Crippen molar-refractivity contribution in [2.45, 2.75) is 30.7 Å². The highest BCUT2D eigenvalue weighted by atomic mass is 19.4. The van der Waals surface area contributed by atoms with E-state index in [2.05, 4.69) is 15.0 Å². The van der Waals surface area contributed by atoms with Crippen LogP contribution in [0.2, 0.25) is 0 Å². The van der Waals surface area contributed by atoms with Crippen molar-refractivity contribution in [1.29, 1.82) is 0 Å². The molecule has 0 bridgehead atoms. The topological polar surface area (TPSA) is 115 Å². The number of carboxylic acid groups (broad SMARTS) is 1. The second-order valence-corrected chi connectivity index (χ2v) is 6.99. The summed E-state index contributed by atoms with van der Waals surface area (Å²) < 4.78 is 43.6. The fraction of sp³-hybridized carbons (Fsp3) is 0.421. The standard InChI is InChI=1S/C17H18N4O3.C2HF3O2/c22-16(14-10-18-6-7-19-14)21-11-17(12-21)9-13(4-8-23-17)24-15-3-1-2-5-20-15;3-2(4,5)1(6)7/h1-3,5-7,10,13H,4,8-9,11-12H2;(H,6,7). The van der Waals surface area contributed by atoms with Crippen molar-refractivity contribution in [1.82, 2.24) is 19.9 Å². The summed E-state index contributed by atoms with van der Waals surface area (Å²) in [6.45, 7) is 1.75. The van der Waals surface area contributed by atoms with E-state index < -0.39 is 12.1 Å². The van der Waals surface area contributed by atoms with Gasteiger partial charge >= 0.3 is 12.1 Å². The summed E-state index contributed by atoms with van der Waals surface area (Å²) in [5.74, 6) is -2.23. The van der Waals surface area contributed by atoms with Crippen molar-refractivity contribution in [3.8, 4) is 5.88 Å². The molecule has 4 rings (SSSR count). The van der Waals surface area contributed by atoms with Crippen LogP contribution in [0, 0.1) is 0 Å². The molecule has 2 aliphatic heterocycles. The molecule has 166 valence electrons. The number of carbonyl (C=O) groups is 2. The van der Waals surface area contributed by atoms with Gasteiger partial charge in [-0.3, -0.25) is 9.78 Å². The molecular weight excluding hydrogens is 421 g/mol. The largest absolute Gasteiger partial charge is 0.490 e. The van der Waals surface area contributed by atoms with E-state index in [9.17, 15) is 18.0 Å². The number of likely N-dealkylation sites (tertiary alicyclic amines) is 1. The van der Waals surface area contributed by atoms with E-state index in [0.717, 1.165) is 12.8 Å². The Balaban J connectivity index is 0.000000339. The van der Waals surface area contributed by atoms with Crippen molar-refractivity contribution in [2.24, 2.45) is 0 Å². The second kappa shape index (κ2) is 9.25. The first kappa shape index (κ1) is 22.4. The Morgan fingerprint density at radius 1 is 1.19 bits per heavy atom. The van der Waals surface area contributed by atoms with Crippen LogP contribution in [0.3, 0.4) is 0 Å². The highest BCUT2D eigenvalue weighted by Gasteiger charge is 2.50. The first-order chi connectivity index (χ1) is 14.7. The van der Waals surface area contributed by atoms with Gasteiger partial charge in [0.1, 0.15) is 17.4 Å². The Bertz CT molecular complexity index is 892. The third kappa shape index (κ3) is 5.87. The molecular formula is C19H19F3N4O5. The van der Waals surface area contributed by atoms with E-state index in [1.165, 1.54) is 12.4 Å². The molecule has 0 aliphatic carbocycles. The van der Waals surface area contributed by atoms with Gasteiger partial charge < -0.3 is 19.5 Å². The van der Waals surface area contributed by atoms with Gasteiger partial charge in [0.25, 0.3) is 5.91 Å². The molecule has 4 heterocycles. The summed E-state index contributed by atoms with van der Waals surface area (Å²) >= 11 is 0. The molecule has 2 fully saturated rings. The van der Waals surface area contributed by atoms with E-state index in [4.69, 9.17) is 19.4 Å². The number of nitrogens with zero attached hydrogens (tertiary/aromatic N) is 4. The molecule has 31 heavy (non-hydrogen) atoms. The van der Waals surface area contributed by atoms with Crippen LogP contribution in [0.5, 0.6) is 5.88 Å². The molecule has 1 spiro atoms. The number of rotatable bonds is 3. The lowest BCUT2D eigenvalue weighted by molar-refractivity contribution is -0.192. The summed E-state index contributed by atoms with van der Waals surface area (Å²) in [7, 11) is 0. The number of aliphatic carboxylic acids is 1. The van der Waals surface area contributed by atoms with Gasteiger partial charge in [-0.25, -0.2) is 14.8 Å². The Kier molecular flexibility index (Phi) is 6.68. The van der Waals surface area contributed by atoms with Crippen LogP contribution in [-0.2, 0) is 9.53 Å². The SMILES string of the molecule is O=C(O)C(F)(F)F.O=C(c1cnccn1)N1CC2(CC(Oc3ccccn3)CCO2)C1. The average Bonchev–Trinajstić information content (AvgIpc) is 2.73. The fourth-order valence-corrected chi connectivity index (χ4v) is 3.26.